The minimum absolute atomic E-state index is 0.195. The molecule has 0 fully saturated rings. The van der Waals surface area contributed by atoms with Crippen LogP contribution in [0.4, 0.5) is 0 Å². The van der Waals surface area contributed by atoms with Gasteiger partial charge in [0.05, 0.1) is 5.10 Å². The first-order valence-electron chi connectivity index (χ1n) is 2.75. The quantitative estimate of drug-likeness (QED) is 0.347. The van der Waals surface area contributed by atoms with Crippen LogP contribution in [-0.2, 0) is 0 Å². The summed E-state index contributed by atoms with van der Waals surface area (Å²) in [4.78, 5) is 9.82. The number of pyridine rings is 1. The minimum Gasteiger partial charge on any atom is -0.429 e. The van der Waals surface area contributed by atoms with Crippen molar-refractivity contribution in [3.05, 3.63) is 40.0 Å². The maximum absolute atomic E-state index is 9.82. The van der Waals surface area contributed by atoms with Crippen LogP contribution in [0.15, 0.2) is 29.6 Å². The van der Waals surface area contributed by atoms with Crippen LogP contribution in [-0.4, -0.2) is 15.0 Å². The first-order valence-corrected chi connectivity index (χ1v) is 2.75. The Bertz CT molecular complexity index is 309. The lowest BCUT2D eigenvalue weighted by atomic mass is 10.5. The van der Waals surface area contributed by atoms with E-state index in [1.807, 2.05) is 0 Å². The molecule has 11 heavy (non-hydrogen) atoms. The molecule has 0 spiro atoms. The predicted molar refractivity (Wildman–Crippen MR) is 34.2 cm³/mol. The molecule has 0 aliphatic heterocycles. The molecule has 0 saturated carbocycles. The van der Waals surface area contributed by atoms with Gasteiger partial charge in [-0.15, -0.1) is 0 Å². The highest BCUT2D eigenvalue weighted by atomic mass is 16.7. The third-order valence-corrected chi connectivity index (χ3v) is 0.993. The first kappa shape index (κ1) is 7.26. The molecule has 6 heteroatoms. The van der Waals surface area contributed by atoms with E-state index in [1.165, 1.54) is 24.5 Å². The fourth-order valence-corrected chi connectivity index (χ4v) is 0.572. The van der Waals surface area contributed by atoms with Gasteiger partial charge >= 0.3 is 0 Å². The van der Waals surface area contributed by atoms with Crippen LogP contribution in [0.5, 0.6) is 0 Å². The predicted octanol–water partition coefficient (Wildman–Crippen LogP) is -0.182. The van der Waals surface area contributed by atoms with Crippen molar-refractivity contribution in [2.75, 3.05) is 0 Å². The maximum atomic E-state index is 9.82. The largest absolute Gasteiger partial charge is 0.429 e. The maximum Gasteiger partial charge on any atom is 0.191 e. The van der Waals surface area contributed by atoms with E-state index in [0.717, 1.165) is 4.73 Å². The van der Waals surface area contributed by atoms with E-state index in [0.29, 0.717) is 0 Å². The van der Waals surface area contributed by atoms with Gasteiger partial charge in [-0.1, -0.05) is 0 Å². The van der Waals surface area contributed by atoms with E-state index in [1.54, 1.807) is 0 Å². The SMILES string of the molecule is O=[N+]([O-])N=c1ccn(O)cc1. The topological polar surface area (TPSA) is 80.7 Å². The molecule has 6 nitrogen and oxygen atoms in total. The third kappa shape index (κ3) is 2.09. The highest BCUT2D eigenvalue weighted by molar-refractivity contribution is 4.90. The Balaban J connectivity index is 3.08. The summed E-state index contributed by atoms with van der Waals surface area (Å²) in [6.45, 7) is 0. The highest BCUT2D eigenvalue weighted by Crippen LogP contribution is 1.76. The minimum atomic E-state index is -0.795. The third-order valence-electron chi connectivity index (χ3n) is 0.993. The average molecular weight is 155 g/mol. The Kier molecular flexibility index (Phi) is 1.86. The van der Waals surface area contributed by atoms with E-state index in [-0.39, 0.29) is 5.36 Å². The standard InChI is InChI=1S/C5H5N3O3/c9-7-3-1-5(2-4-7)6-8(10)11/h1-4,9H. The lowest BCUT2D eigenvalue weighted by molar-refractivity contribution is -0.490. The highest BCUT2D eigenvalue weighted by Gasteiger charge is 1.88. The summed E-state index contributed by atoms with van der Waals surface area (Å²) in [5.74, 6) is 0. The number of nitrogens with zero attached hydrogens (tertiary/aromatic N) is 3. The van der Waals surface area contributed by atoms with Crippen LogP contribution in [0, 0.1) is 10.1 Å². The molecule has 0 aliphatic carbocycles. The zero-order chi connectivity index (χ0) is 8.27. The summed E-state index contributed by atoms with van der Waals surface area (Å²) < 4.78 is 0.777. The van der Waals surface area contributed by atoms with Gasteiger partial charge in [-0.2, -0.15) is 0 Å². The number of nitro groups is 1. The van der Waals surface area contributed by atoms with Crippen molar-refractivity contribution in [2.45, 2.75) is 0 Å². The molecule has 0 radical (unpaired) electrons. The fourth-order valence-electron chi connectivity index (χ4n) is 0.572. The van der Waals surface area contributed by atoms with E-state index in [4.69, 9.17) is 5.21 Å². The molecule has 58 valence electrons. The Morgan fingerprint density at radius 3 is 2.55 bits per heavy atom. The van der Waals surface area contributed by atoms with Crippen molar-refractivity contribution in [1.29, 1.82) is 0 Å². The normalized spacial score (nSPS) is 9.09. The lowest BCUT2D eigenvalue weighted by Crippen LogP contribution is -2.06. The monoisotopic (exact) mass is 155 g/mol. The molecule has 1 aromatic rings. The molecule has 0 bridgehead atoms. The van der Waals surface area contributed by atoms with Crippen LogP contribution >= 0.6 is 0 Å². The Morgan fingerprint density at radius 2 is 2.09 bits per heavy atom. The fraction of sp³-hybridized carbons (Fsp3) is 0. The van der Waals surface area contributed by atoms with Crippen LogP contribution in [0.25, 0.3) is 0 Å². The molecular weight excluding hydrogens is 150 g/mol. The summed E-state index contributed by atoms with van der Waals surface area (Å²) in [5, 5.41) is 20.9. The summed E-state index contributed by atoms with van der Waals surface area (Å²) >= 11 is 0. The second-order valence-corrected chi connectivity index (χ2v) is 1.77. The van der Waals surface area contributed by atoms with Gasteiger partial charge in [0, 0.05) is 12.4 Å². The first-order chi connectivity index (χ1) is 5.18. The van der Waals surface area contributed by atoms with Gasteiger partial charge in [-0.05, 0) is 12.1 Å². The molecule has 0 amide bonds. The van der Waals surface area contributed by atoms with E-state index in [2.05, 4.69) is 5.10 Å². The van der Waals surface area contributed by atoms with E-state index < -0.39 is 5.03 Å². The van der Waals surface area contributed by atoms with Crippen molar-refractivity contribution < 1.29 is 10.2 Å². The lowest BCUT2D eigenvalue weighted by Gasteiger charge is -1.90. The molecule has 0 atom stereocenters. The molecule has 0 aromatic carbocycles. The average Bonchev–Trinajstić information content (AvgIpc) is 1.93. The summed E-state index contributed by atoms with van der Waals surface area (Å²) in [6, 6.07) is 2.64. The molecule has 1 aromatic heterocycles. The molecule has 0 unspecified atom stereocenters. The van der Waals surface area contributed by atoms with Crippen LogP contribution in [0.1, 0.15) is 0 Å². The van der Waals surface area contributed by atoms with E-state index in [9.17, 15) is 10.1 Å². The molecule has 1 heterocycles. The molecule has 0 aliphatic rings. The zero-order valence-electron chi connectivity index (χ0n) is 5.41. The van der Waals surface area contributed by atoms with Gasteiger partial charge in [0.25, 0.3) is 0 Å². The smallest absolute Gasteiger partial charge is 0.191 e. The van der Waals surface area contributed by atoms with Crippen molar-refractivity contribution in [2.24, 2.45) is 5.10 Å². The van der Waals surface area contributed by atoms with Gasteiger partial charge in [0.15, 0.2) is 5.03 Å². The van der Waals surface area contributed by atoms with Crippen LogP contribution in [0.2, 0.25) is 0 Å². The Hall–Kier alpha value is -1.85. The van der Waals surface area contributed by atoms with Crippen LogP contribution < -0.4 is 5.36 Å². The second-order valence-electron chi connectivity index (χ2n) is 1.77. The number of hydrogen-bond acceptors (Lipinski definition) is 3. The number of rotatable bonds is 1. The van der Waals surface area contributed by atoms with Gasteiger partial charge in [0.2, 0.25) is 0 Å². The van der Waals surface area contributed by atoms with Gasteiger partial charge in [-0.25, -0.2) is 14.8 Å². The van der Waals surface area contributed by atoms with Crippen molar-refractivity contribution in [1.82, 2.24) is 4.73 Å². The van der Waals surface area contributed by atoms with Gasteiger partial charge in [-0.3, -0.25) is 0 Å². The summed E-state index contributed by atoms with van der Waals surface area (Å²) in [5.41, 5.74) is 0. The van der Waals surface area contributed by atoms with Crippen LogP contribution in [0.3, 0.4) is 0 Å². The number of hydrogen-bond donors (Lipinski definition) is 1. The Morgan fingerprint density at radius 1 is 1.55 bits per heavy atom. The summed E-state index contributed by atoms with van der Waals surface area (Å²) in [6.07, 6.45) is 2.50. The van der Waals surface area contributed by atoms with Crippen molar-refractivity contribution >= 4 is 0 Å². The van der Waals surface area contributed by atoms with Crippen molar-refractivity contribution in [3.8, 4) is 0 Å². The number of aromatic nitrogens is 1. The van der Waals surface area contributed by atoms with E-state index >= 15 is 0 Å². The second kappa shape index (κ2) is 2.82. The van der Waals surface area contributed by atoms with Crippen molar-refractivity contribution in [3.63, 3.8) is 0 Å². The molecule has 1 rings (SSSR count). The molecule has 1 N–H and O–H groups in total. The zero-order valence-corrected chi connectivity index (χ0v) is 5.41. The van der Waals surface area contributed by atoms with Gasteiger partial charge < -0.3 is 5.21 Å². The summed E-state index contributed by atoms with van der Waals surface area (Å²) in [7, 11) is 0. The van der Waals surface area contributed by atoms with Gasteiger partial charge in [0.1, 0.15) is 5.36 Å². The Labute approximate surface area is 61.1 Å². The molecular formula is C5H5N3O3. The molecule has 0 saturated heterocycles.